The number of nitrogens with one attached hydrogen (secondary N) is 1. The Morgan fingerprint density at radius 3 is 2.58 bits per heavy atom. The zero-order chi connectivity index (χ0) is 24.5. The van der Waals surface area contributed by atoms with Crippen LogP contribution in [-0.4, -0.2) is 87.3 Å². The Morgan fingerprint density at radius 1 is 1.30 bits per heavy atom. The van der Waals surface area contributed by atoms with Crippen molar-refractivity contribution in [2.45, 2.75) is 39.2 Å². The van der Waals surface area contributed by atoms with Crippen molar-refractivity contribution in [1.82, 2.24) is 20.0 Å². The monoisotopic (exact) mass is 454 g/mol. The number of likely N-dealkylation sites (N-methyl/N-ethyl adjacent to an activating group) is 1. The van der Waals surface area contributed by atoms with Crippen LogP contribution in [0.2, 0.25) is 0 Å². The lowest BCUT2D eigenvalue weighted by atomic mass is 10.0. The van der Waals surface area contributed by atoms with Crippen LogP contribution in [0.4, 0.5) is 0 Å². The number of aliphatic imine (C=N–C) groups is 2. The first-order valence-electron chi connectivity index (χ1n) is 11.7. The van der Waals surface area contributed by atoms with Crippen molar-refractivity contribution < 1.29 is 4.79 Å². The van der Waals surface area contributed by atoms with Gasteiger partial charge >= 0.3 is 0 Å². The third kappa shape index (κ3) is 10.6. The van der Waals surface area contributed by atoms with Gasteiger partial charge in [-0.15, -0.1) is 0 Å². The zero-order valence-electron chi connectivity index (χ0n) is 21.1. The first-order valence-corrected chi connectivity index (χ1v) is 11.7. The molecule has 0 fully saturated rings. The lowest BCUT2D eigenvalue weighted by Crippen LogP contribution is -2.32. The van der Waals surface area contributed by atoms with E-state index in [0.29, 0.717) is 18.3 Å². The van der Waals surface area contributed by atoms with E-state index >= 15 is 0 Å². The Kier molecular flexibility index (Phi) is 14.4. The Hall–Kier alpha value is -2.77. The summed E-state index contributed by atoms with van der Waals surface area (Å²) in [6.07, 6.45) is 20.0. The molecule has 2 rings (SSSR count). The quantitative estimate of drug-likeness (QED) is 0.382. The number of allylic oxidation sites excluding steroid dienone is 3. The van der Waals surface area contributed by atoms with Crippen LogP contribution in [0.25, 0.3) is 0 Å². The summed E-state index contributed by atoms with van der Waals surface area (Å²) in [6.45, 7) is 11.4. The van der Waals surface area contributed by atoms with Crippen LogP contribution >= 0.6 is 0 Å². The van der Waals surface area contributed by atoms with Gasteiger partial charge in [-0.1, -0.05) is 44.2 Å². The van der Waals surface area contributed by atoms with Gasteiger partial charge in [0.2, 0.25) is 0 Å². The molecule has 0 aromatic heterocycles. The third-order valence-electron chi connectivity index (χ3n) is 5.17. The minimum atomic E-state index is 0.200. The van der Waals surface area contributed by atoms with E-state index < -0.39 is 0 Å². The van der Waals surface area contributed by atoms with E-state index in [-0.39, 0.29) is 6.54 Å². The van der Waals surface area contributed by atoms with Crippen molar-refractivity contribution >= 4 is 19.2 Å². The highest BCUT2D eigenvalue weighted by Crippen LogP contribution is 2.22. The molecule has 0 spiro atoms. The third-order valence-corrected chi connectivity index (χ3v) is 5.17. The molecule has 1 heterocycles. The van der Waals surface area contributed by atoms with E-state index in [4.69, 9.17) is 0 Å². The van der Waals surface area contributed by atoms with Crippen molar-refractivity contribution in [1.29, 1.82) is 0 Å². The highest BCUT2D eigenvalue weighted by Gasteiger charge is 2.16. The highest BCUT2D eigenvalue weighted by atomic mass is 16.1. The number of carbonyl (C=O) groups is 1. The molecule has 1 aliphatic heterocycles. The van der Waals surface area contributed by atoms with Gasteiger partial charge in [0.1, 0.15) is 17.8 Å². The number of rotatable bonds is 11. The highest BCUT2D eigenvalue weighted by molar-refractivity contribution is 5.63. The predicted molar refractivity (Wildman–Crippen MR) is 142 cm³/mol. The molecular weight excluding hydrogens is 412 g/mol. The van der Waals surface area contributed by atoms with Gasteiger partial charge < -0.3 is 24.8 Å². The van der Waals surface area contributed by atoms with Gasteiger partial charge in [-0.05, 0) is 60.2 Å². The number of hydrogen-bond donors (Lipinski definition) is 1. The van der Waals surface area contributed by atoms with Crippen LogP contribution < -0.4 is 5.32 Å². The number of nitrogens with zero attached hydrogens (tertiary/aromatic N) is 5. The fraction of sp³-hybridized carbons (Fsp3) is 0.500. The molecule has 1 atom stereocenters. The van der Waals surface area contributed by atoms with Crippen LogP contribution in [0, 0.1) is 0 Å². The molecule has 0 aromatic carbocycles. The lowest BCUT2D eigenvalue weighted by molar-refractivity contribution is -0.107. The van der Waals surface area contributed by atoms with E-state index in [2.05, 4.69) is 79.0 Å². The van der Waals surface area contributed by atoms with E-state index in [1.165, 1.54) is 25.9 Å². The van der Waals surface area contributed by atoms with Crippen LogP contribution in [0.5, 0.6) is 0 Å². The molecule has 0 radical (unpaired) electrons. The fourth-order valence-electron chi connectivity index (χ4n) is 3.48. The normalized spacial score (nSPS) is 21.7. The van der Waals surface area contributed by atoms with Gasteiger partial charge in [0.25, 0.3) is 0 Å². The second-order valence-electron chi connectivity index (χ2n) is 8.16. The van der Waals surface area contributed by atoms with Crippen LogP contribution in [0.1, 0.15) is 33.1 Å². The second-order valence-corrected chi connectivity index (χ2v) is 8.16. The molecule has 0 aromatic rings. The zero-order valence-corrected chi connectivity index (χ0v) is 21.1. The minimum absolute atomic E-state index is 0.200. The van der Waals surface area contributed by atoms with Gasteiger partial charge in [0.05, 0.1) is 13.1 Å². The predicted octanol–water partition coefficient (Wildman–Crippen LogP) is 3.61. The first kappa shape index (κ1) is 28.3. The van der Waals surface area contributed by atoms with Gasteiger partial charge in [-0.2, -0.15) is 0 Å². The van der Waals surface area contributed by atoms with Crippen molar-refractivity contribution in [3.05, 3.63) is 59.9 Å². The van der Waals surface area contributed by atoms with Gasteiger partial charge in [-0.3, -0.25) is 9.98 Å². The van der Waals surface area contributed by atoms with Crippen LogP contribution in [-0.2, 0) is 4.79 Å². The maximum absolute atomic E-state index is 10.8. The summed E-state index contributed by atoms with van der Waals surface area (Å²) < 4.78 is 0. The van der Waals surface area contributed by atoms with Crippen molar-refractivity contribution in [3.8, 4) is 0 Å². The van der Waals surface area contributed by atoms with Crippen molar-refractivity contribution in [3.63, 3.8) is 0 Å². The molecule has 2 aliphatic rings. The van der Waals surface area contributed by atoms with Crippen LogP contribution in [0.3, 0.4) is 0 Å². The molecule has 0 saturated carbocycles. The van der Waals surface area contributed by atoms with E-state index in [1.807, 2.05) is 29.3 Å². The van der Waals surface area contributed by atoms with Crippen molar-refractivity contribution in [2.24, 2.45) is 9.98 Å². The summed E-state index contributed by atoms with van der Waals surface area (Å²) in [7, 11) is 6.31. The molecule has 1 N–H and O–H groups in total. The summed E-state index contributed by atoms with van der Waals surface area (Å²) >= 11 is 0. The molecule has 7 heteroatoms. The Bertz CT molecular complexity index is 770. The smallest absolute Gasteiger partial charge is 0.139 e. The number of carbonyl (C=O) groups excluding carboxylic acids is 1. The average molecular weight is 455 g/mol. The maximum Gasteiger partial charge on any atom is 0.139 e. The van der Waals surface area contributed by atoms with E-state index in [0.717, 1.165) is 24.1 Å². The minimum Gasteiger partial charge on any atom is -0.363 e. The second kappa shape index (κ2) is 16.8. The fourth-order valence-corrected chi connectivity index (χ4v) is 3.48. The van der Waals surface area contributed by atoms with Gasteiger partial charge in [-0.25, -0.2) is 0 Å². The average Bonchev–Trinajstić information content (AvgIpc) is 2.78. The van der Waals surface area contributed by atoms with Crippen LogP contribution in [0.15, 0.2) is 69.9 Å². The summed E-state index contributed by atoms with van der Waals surface area (Å²) in [5.41, 5.74) is 1.64. The largest absolute Gasteiger partial charge is 0.363 e. The summed E-state index contributed by atoms with van der Waals surface area (Å²) in [5, 5.41) is 3.13. The molecule has 1 unspecified atom stereocenters. The topological polar surface area (TPSA) is 63.5 Å². The Labute approximate surface area is 200 Å². The molecule has 33 heavy (non-hydrogen) atoms. The molecule has 7 nitrogen and oxygen atoms in total. The summed E-state index contributed by atoms with van der Waals surface area (Å²) in [4.78, 5) is 25.7. The number of aldehydes is 1. The maximum atomic E-state index is 10.8. The summed E-state index contributed by atoms with van der Waals surface area (Å²) in [5.74, 6) is 0.735. The van der Waals surface area contributed by atoms with Crippen molar-refractivity contribution in [2.75, 3.05) is 47.3 Å². The molecule has 182 valence electrons. The summed E-state index contributed by atoms with van der Waals surface area (Å²) in [6, 6.07) is 0.368. The molecule has 0 amide bonds. The molecule has 1 aliphatic carbocycles. The van der Waals surface area contributed by atoms with Gasteiger partial charge in [0, 0.05) is 30.2 Å². The van der Waals surface area contributed by atoms with E-state index in [1.54, 1.807) is 12.4 Å². The molecule has 0 saturated heterocycles. The Morgan fingerprint density at radius 2 is 2.03 bits per heavy atom. The van der Waals surface area contributed by atoms with Gasteiger partial charge in [0.15, 0.2) is 0 Å². The first-order chi connectivity index (χ1) is 16.0. The lowest BCUT2D eigenvalue weighted by Gasteiger charge is -2.26. The Balaban J connectivity index is 0.000000582. The standard InChI is InChI=1S/C19H25N5O.C7H17N/c1-20-18(16-6-4-8-17(23(2)3)9-5-7-16)19(22-12-15-25)24-13-10-21-11-14-24;1-4-6-8(3)7-5-2/h4-8,10-11,13,15,17,22H,1,9,12,14H2,2-3H3;4-7H2,1-3H3/b7-5-,8-4+,16-6+,19-18-;. The van der Waals surface area contributed by atoms with E-state index in [9.17, 15) is 4.79 Å². The molecule has 0 bridgehead atoms. The SMILES string of the molecule is C=NC(=C(/NCC=O)N1C=CN=CC1)/C1=C/C=C/C(N(C)C)C/C=C\1.CCCN(C)CCC. The molecular formula is C26H42N6O. The number of hydrogen-bond acceptors (Lipinski definition) is 7.